The van der Waals surface area contributed by atoms with Crippen molar-refractivity contribution in [3.8, 4) is 33.8 Å². The van der Waals surface area contributed by atoms with E-state index >= 15 is 0 Å². The monoisotopic (exact) mass is 474 g/mol. The number of rotatable bonds is 5. The van der Waals surface area contributed by atoms with E-state index in [2.05, 4.69) is 60.7 Å². The molecule has 0 aliphatic heterocycles. The van der Waals surface area contributed by atoms with Crippen molar-refractivity contribution in [1.29, 1.82) is 0 Å². The molecule has 0 aliphatic rings. The highest BCUT2D eigenvalue weighted by atomic mass is 16.5. The third-order valence-corrected chi connectivity index (χ3v) is 6.34. The van der Waals surface area contributed by atoms with Gasteiger partial charge in [0.15, 0.2) is 0 Å². The fourth-order valence-corrected chi connectivity index (χ4v) is 4.50. The Morgan fingerprint density at radius 3 is 2.06 bits per heavy atom. The van der Waals surface area contributed by atoms with E-state index in [0.717, 1.165) is 44.0 Å². The molecule has 0 aromatic heterocycles. The maximum absolute atomic E-state index is 13.0. The van der Waals surface area contributed by atoms with E-state index in [0.29, 0.717) is 12.4 Å². The van der Waals surface area contributed by atoms with Gasteiger partial charge in [0.25, 0.3) is 0 Å². The normalized spacial score (nSPS) is 11.6. The predicted octanol–water partition coefficient (Wildman–Crippen LogP) is 8.68. The molecule has 0 unspecified atom stereocenters. The highest BCUT2D eigenvalue weighted by molar-refractivity contribution is 6.10. The van der Waals surface area contributed by atoms with Gasteiger partial charge in [-0.1, -0.05) is 78.9 Å². The summed E-state index contributed by atoms with van der Waals surface area (Å²) in [5.74, 6) is 1.03. The standard InChI is InChI=1S/C33H30O3/c1-5-35-28-19-17-25-21-24(22-11-7-6-8-12-22)15-18-27(25)30(28)31-26-14-10-9-13-23(26)16-20-29(31)36-32(34)33(2,3)4/h6-21H,5H2,1-4H3. The number of hydrogen-bond donors (Lipinski definition) is 0. The van der Waals surface area contributed by atoms with Gasteiger partial charge in [-0.25, -0.2) is 0 Å². The first-order chi connectivity index (χ1) is 17.4. The molecule has 0 spiro atoms. The smallest absolute Gasteiger partial charge is 0.316 e. The fraction of sp³-hybridized carbons (Fsp3) is 0.182. The van der Waals surface area contributed by atoms with Gasteiger partial charge in [0.1, 0.15) is 11.5 Å². The van der Waals surface area contributed by atoms with Crippen LogP contribution in [-0.2, 0) is 4.79 Å². The van der Waals surface area contributed by atoms with Gasteiger partial charge in [-0.3, -0.25) is 4.79 Å². The van der Waals surface area contributed by atoms with Gasteiger partial charge in [-0.2, -0.15) is 0 Å². The van der Waals surface area contributed by atoms with Crippen molar-refractivity contribution in [1.82, 2.24) is 0 Å². The zero-order valence-electron chi connectivity index (χ0n) is 21.2. The van der Waals surface area contributed by atoms with E-state index in [1.54, 1.807) is 0 Å². The Morgan fingerprint density at radius 2 is 1.31 bits per heavy atom. The van der Waals surface area contributed by atoms with E-state index in [9.17, 15) is 4.79 Å². The number of carbonyl (C=O) groups is 1. The molecule has 5 aromatic rings. The van der Waals surface area contributed by atoms with Gasteiger partial charge in [0.05, 0.1) is 12.0 Å². The van der Waals surface area contributed by atoms with Crippen LogP contribution in [0.25, 0.3) is 43.8 Å². The molecular weight excluding hydrogens is 444 g/mol. The quantitative estimate of drug-likeness (QED) is 0.189. The lowest BCUT2D eigenvalue weighted by molar-refractivity contribution is -0.142. The number of hydrogen-bond acceptors (Lipinski definition) is 3. The SMILES string of the molecule is CCOc1ccc2cc(-c3ccccc3)ccc2c1-c1c(OC(=O)C(C)(C)C)ccc2ccccc12. The Balaban J connectivity index is 1.81. The summed E-state index contributed by atoms with van der Waals surface area (Å²) in [6.45, 7) is 8.11. The number of carbonyl (C=O) groups excluding carboxylic acids is 1. The summed E-state index contributed by atoms with van der Waals surface area (Å²) in [5.41, 5.74) is 3.49. The van der Waals surface area contributed by atoms with Crippen molar-refractivity contribution >= 4 is 27.5 Å². The molecule has 0 radical (unpaired) electrons. The second-order valence-electron chi connectivity index (χ2n) is 9.97. The maximum atomic E-state index is 13.0. The Labute approximate surface area is 212 Å². The molecule has 0 atom stereocenters. The van der Waals surface area contributed by atoms with Crippen LogP contribution in [-0.4, -0.2) is 12.6 Å². The molecule has 0 saturated heterocycles. The average Bonchev–Trinajstić information content (AvgIpc) is 2.88. The first kappa shape index (κ1) is 23.6. The van der Waals surface area contributed by atoms with Gasteiger partial charge < -0.3 is 9.47 Å². The molecule has 180 valence electrons. The van der Waals surface area contributed by atoms with E-state index < -0.39 is 5.41 Å². The zero-order chi connectivity index (χ0) is 25.3. The molecule has 0 amide bonds. The number of ether oxygens (including phenoxy) is 2. The molecule has 0 fully saturated rings. The van der Waals surface area contributed by atoms with Crippen LogP contribution in [0.15, 0.2) is 97.1 Å². The van der Waals surface area contributed by atoms with Crippen molar-refractivity contribution in [2.24, 2.45) is 5.41 Å². The van der Waals surface area contributed by atoms with Crippen LogP contribution in [0, 0.1) is 5.41 Å². The summed E-state index contributed by atoms with van der Waals surface area (Å²) in [5, 5.41) is 4.22. The van der Waals surface area contributed by atoms with E-state index in [-0.39, 0.29) is 5.97 Å². The molecule has 0 saturated carbocycles. The summed E-state index contributed by atoms with van der Waals surface area (Å²) in [6.07, 6.45) is 0. The van der Waals surface area contributed by atoms with Gasteiger partial charge in [-0.05, 0) is 78.6 Å². The second kappa shape index (κ2) is 9.50. The molecule has 5 aromatic carbocycles. The van der Waals surface area contributed by atoms with Crippen LogP contribution in [0.4, 0.5) is 0 Å². The second-order valence-corrected chi connectivity index (χ2v) is 9.97. The lowest BCUT2D eigenvalue weighted by atomic mass is 9.90. The minimum absolute atomic E-state index is 0.274. The van der Waals surface area contributed by atoms with Crippen LogP contribution in [0.2, 0.25) is 0 Å². The highest BCUT2D eigenvalue weighted by Crippen LogP contribution is 2.46. The number of fused-ring (bicyclic) bond motifs is 2. The molecule has 3 nitrogen and oxygen atoms in total. The van der Waals surface area contributed by atoms with Crippen molar-refractivity contribution in [2.45, 2.75) is 27.7 Å². The Morgan fingerprint density at radius 1 is 0.667 bits per heavy atom. The van der Waals surface area contributed by atoms with E-state index in [4.69, 9.17) is 9.47 Å². The van der Waals surface area contributed by atoms with Crippen LogP contribution >= 0.6 is 0 Å². The van der Waals surface area contributed by atoms with Crippen LogP contribution in [0.1, 0.15) is 27.7 Å². The molecule has 0 heterocycles. The first-order valence-corrected chi connectivity index (χ1v) is 12.4. The molecular formula is C33H30O3. The van der Waals surface area contributed by atoms with Crippen molar-refractivity contribution in [2.75, 3.05) is 6.61 Å². The van der Waals surface area contributed by atoms with Gasteiger partial charge in [0, 0.05) is 11.1 Å². The first-order valence-electron chi connectivity index (χ1n) is 12.4. The molecule has 0 bridgehead atoms. The third-order valence-electron chi connectivity index (χ3n) is 6.34. The van der Waals surface area contributed by atoms with Crippen LogP contribution < -0.4 is 9.47 Å². The lowest BCUT2D eigenvalue weighted by Crippen LogP contribution is -2.25. The summed E-state index contributed by atoms with van der Waals surface area (Å²) < 4.78 is 12.2. The molecule has 36 heavy (non-hydrogen) atoms. The zero-order valence-corrected chi connectivity index (χ0v) is 21.2. The highest BCUT2D eigenvalue weighted by Gasteiger charge is 2.27. The predicted molar refractivity (Wildman–Crippen MR) is 149 cm³/mol. The average molecular weight is 475 g/mol. The molecule has 3 heteroatoms. The Bertz CT molecular complexity index is 1560. The third kappa shape index (κ3) is 4.45. The topological polar surface area (TPSA) is 35.5 Å². The van der Waals surface area contributed by atoms with Crippen molar-refractivity contribution in [3.63, 3.8) is 0 Å². The summed E-state index contributed by atoms with van der Waals surface area (Å²) in [7, 11) is 0. The number of benzene rings is 5. The minimum atomic E-state index is -0.630. The minimum Gasteiger partial charge on any atom is -0.493 e. The van der Waals surface area contributed by atoms with E-state index in [1.165, 1.54) is 5.56 Å². The van der Waals surface area contributed by atoms with Crippen LogP contribution in [0.3, 0.4) is 0 Å². The van der Waals surface area contributed by atoms with E-state index in [1.807, 2.05) is 64.1 Å². The van der Waals surface area contributed by atoms with Crippen LogP contribution in [0.5, 0.6) is 11.5 Å². The lowest BCUT2D eigenvalue weighted by Gasteiger charge is -2.21. The summed E-state index contributed by atoms with van der Waals surface area (Å²) >= 11 is 0. The molecule has 0 aliphatic carbocycles. The number of esters is 1. The maximum Gasteiger partial charge on any atom is 0.316 e. The summed E-state index contributed by atoms with van der Waals surface area (Å²) in [4.78, 5) is 13.0. The Kier molecular flexibility index (Phi) is 6.24. The largest absolute Gasteiger partial charge is 0.493 e. The fourth-order valence-electron chi connectivity index (χ4n) is 4.50. The van der Waals surface area contributed by atoms with Gasteiger partial charge >= 0.3 is 5.97 Å². The molecule has 5 rings (SSSR count). The van der Waals surface area contributed by atoms with Gasteiger partial charge in [-0.15, -0.1) is 0 Å². The van der Waals surface area contributed by atoms with Crippen molar-refractivity contribution in [3.05, 3.63) is 97.1 Å². The van der Waals surface area contributed by atoms with Gasteiger partial charge in [0.2, 0.25) is 0 Å². The summed E-state index contributed by atoms with van der Waals surface area (Å²) in [6, 6.07) is 33.1. The Hall–Kier alpha value is -4.11. The molecule has 0 N–H and O–H groups in total. The van der Waals surface area contributed by atoms with Crippen molar-refractivity contribution < 1.29 is 14.3 Å².